The molecule has 5 rings (SSSR count). The van der Waals surface area contributed by atoms with E-state index in [1.807, 2.05) is 0 Å². The van der Waals surface area contributed by atoms with Gasteiger partial charge in [0, 0.05) is 18.3 Å². The highest BCUT2D eigenvalue weighted by Gasteiger charge is 2.71. The van der Waals surface area contributed by atoms with Crippen LogP contribution in [-0.4, -0.2) is 22.3 Å². The molecule has 1 N–H and O–H groups in total. The summed E-state index contributed by atoms with van der Waals surface area (Å²) in [5, 5.41) is 11.4. The normalized spacial score (nSPS) is 43.7. The van der Waals surface area contributed by atoms with E-state index in [1.54, 1.807) is 0 Å². The quantitative estimate of drug-likeness (QED) is 0.512. The summed E-state index contributed by atoms with van der Waals surface area (Å²) in [6, 6.07) is 0. The van der Waals surface area contributed by atoms with Crippen molar-refractivity contribution in [2.75, 3.05) is 0 Å². The Morgan fingerprint density at radius 2 is 1.82 bits per heavy atom. The average Bonchev–Trinajstić information content (AvgIpc) is 2.88. The summed E-state index contributed by atoms with van der Waals surface area (Å²) in [5.41, 5.74) is -0.560. The second-order valence-corrected chi connectivity index (χ2v) is 12.9. The zero-order valence-electron chi connectivity index (χ0n) is 19.2. The average molecular weight is 389 g/mol. The molecule has 7 atom stereocenters. The van der Waals surface area contributed by atoms with Crippen molar-refractivity contribution in [2.45, 2.75) is 98.7 Å². The van der Waals surface area contributed by atoms with E-state index >= 15 is 0 Å². The molecule has 6 bridgehead atoms. The summed E-state index contributed by atoms with van der Waals surface area (Å²) in [7, 11) is 0. The van der Waals surface area contributed by atoms with Gasteiger partial charge in [0.2, 0.25) is 0 Å². The maximum Gasteiger partial charge on any atom is 0.312 e. The van der Waals surface area contributed by atoms with Crippen molar-refractivity contribution in [1.29, 1.82) is 0 Å². The lowest BCUT2D eigenvalue weighted by Gasteiger charge is -2.64. The SMILES string of the molecule is CC1C2CC3CC4C(=CCC42OC(=O)C(C)(CC(C)(C)C)C(C)(C)C)C1(O)C3. The van der Waals surface area contributed by atoms with Crippen LogP contribution in [0.5, 0.6) is 0 Å². The van der Waals surface area contributed by atoms with Crippen molar-refractivity contribution in [3.8, 4) is 0 Å². The predicted octanol–water partition coefficient (Wildman–Crippen LogP) is 5.51. The van der Waals surface area contributed by atoms with Crippen LogP contribution < -0.4 is 0 Å². The predicted molar refractivity (Wildman–Crippen MR) is 112 cm³/mol. The van der Waals surface area contributed by atoms with Crippen molar-refractivity contribution in [1.82, 2.24) is 0 Å². The minimum atomic E-state index is -0.651. The highest BCUT2D eigenvalue weighted by Crippen LogP contribution is 2.69. The van der Waals surface area contributed by atoms with Crippen LogP contribution in [0.15, 0.2) is 11.6 Å². The third kappa shape index (κ3) is 2.53. The van der Waals surface area contributed by atoms with E-state index in [9.17, 15) is 9.90 Å². The molecule has 7 unspecified atom stereocenters. The highest BCUT2D eigenvalue weighted by molar-refractivity contribution is 5.78. The lowest BCUT2D eigenvalue weighted by Crippen LogP contribution is -2.68. The van der Waals surface area contributed by atoms with Crippen molar-refractivity contribution in [3.63, 3.8) is 0 Å². The third-order valence-electron chi connectivity index (χ3n) is 9.12. The Morgan fingerprint density at radius 1 is 1.18 bits per heavy atom. The van der Waals surface area contributed by atoms with Crippen LogP contribution >= 0.6 is 0 Å². The summed E-state index contributed by atoms with van der Waals surface area (Å²) in [6.07, 6.45) is 6.90. The molecule has 0 aromatic rings. The Hall–Kier alpha value is -0.830. The largest absolute Gasteiger partial charge is 0.457 e. The Labute approximate surface area is 171 Å². The molecular weight excluding hydrogens is 348 g/mol. The van der Waals surface area contributed by atoms with E-state index in [1.165, 1.54) is 5.57 Å². The van der Waals surface area contributed by atoms with E-state index in [0.29, 0.717) is 5.92 Å². The molecule has 3 heteroatoms. The number of esters is 1. The number of rotatable bonds is 3. The minimum absolute atomic E-state index is 0.0313. The first-order valence-corrected chi connectivity index (χ1v) is 11.3. The molecule has 4 saturated carbocycles. The van der Waals surface area contributed by atoms with Crippen LogP contribution in [-0.2, 0) is 9.53 Å². The van der Waals surface area contributed by atoms with Gasteiger partial charge in [-0.3, -0.25) is 4.79 Å². The van der Waals surface area contributed by atoms with Crippen LogP contribution in [0.3, 0.4) is 0 Å². The van der Waals surface area contributed by atoms with Gasteiger partial charge in [0.25, 0.3) is 0 Å². The van der Waals surface area contributed by atoms with Crippen LogP contribution in [0.25, 0.3) is 0 Å². The molecule has 0 amide bonds. The van der Waals surface area contributed by atoms with Gasteiger partial charge in [0.05, 0.1) is 11.0 Å². The van der Waals surface area contributed by atoms with Gasteiger partial charge in [-0.05, 0) is 60.8 Å². The molecule has 0 saturated heterocycles. The number of carbonyl (C=O) groups is 1. The summed E-state index contributed by atoms with van der Waals surface area (Å²) < 4.78 is 6.66. The molecule has 158 valence electrons. The van der Waals surface area contributed by atoms with Crippen LogP contribution in [0.2, 0.25) is 0 Å². The summed E-state index contributed by atoms with van der Waals surface area (Å²) in [5.74, 6) is 1.23. The molecular formula is C25H40O3. The van der Waals surface area contributed by atoms with Crippen molar-refractivity contribution < 1.29 is 14.6 Å². The minimum Gasteiger partial charge on any atom is -0.457 e. The number of aliphatic hydroxyl groups is 1. The second-order valence-electron chi connectivity index (χ2n) is 12.9. The molecule has 3 nitrogen and oxygen atoms in total. The Balaban J connectivity index is 1.68. The van der Waals surface area contributed by atoms with Gasteiger partial charge in [-0.1, -0.05) is 54.5 Å². The van der Waals surface area contributed by atoms with Gasteiger partial charge in [-0.15, -0.1) is 0 Å². The van der Waals surface area contributed by atoms with E-state index in [-0.39, 0.29) is 34.6 Å². The molecule has 0 spiro atoms. The zero-order chi connectivity index (χ0) is 20.9. The van der Waals surface area contributed by atoms with E-state index < -0.39 is 16.6 Å². The first-order chi connectivity index (χ1) is 12.6. The van der Waals surface area contributed by atoms with Gasteiger partial charge in [0.1, 0.15) is 5.60 Å². The van der Waals surface area contributed by atoms with Gasteiger partial charge < -0.3 is 9.84 Å². The lowest BCUT2D eigenvalue weighted by molar-refractivity contribution is -0.238. The fraction of sp³-hybridized carbons (Fsp3) is 0.880. The zero-order valence-corrected chi connectivity index (χ0v) is 19.2. The first-order valence-electron chi connectivity index (χ1n) is 11.3. The smallest absolute Gasteiger partial charge is 0.312 e. The number of carbonyl (C=O) groups excluding carboxylic acids is 1. The standard InChI is InChI=1S/C25H40O3/c1-15-18-11-16-12-19-17(24(15,27)13-16)9-10-25(18,19)28-20(26)23(8,22(5,6)7)14-21(2,3)4/h9,15-16,18-19,27H,10-14H2,1-8H3. The Kier molecular flexibility index (Phi) is 4.13. The number of hydrogen-bond acceptors (Lipinski definition) is 3. The van der Waals surface area contributed by atoms with Crippen LogP contribution in [0.1, 0.15) is 87.5 Å². The summed E-state index contributed by atoms with van der Waals surface area (Å²) >= 11 is 0. The summed E-state index contributed by atoms with van der Waals surface area (Å²) in [6.45, 7) is 17.4. The van der Waals surface area contributed by atoms with Crippen LogP contribution in [0, 0.1) is 39.9 Å². The molecule has 0 aromatic carbocycles. The molecule has 5 aliphatic rings. The maximum absolute atomic E-state index is 13.8. The molecule has 0 radical (unpaired) electrons. The molecule has 0 aliphatic heterocycles. The van der Waals surface area contributed by atoms with Gasteiger partial charge >= 0.3 is 5.97 Å². The first kappa shape index (κ1) is 20.4. The molecule has 5 aliphatic carbocycles. The monoisotopic (exact) mass is 388 g/mol. The third-order valence-corrected chi connectivity index (χ3v) is 9.12. The Morgan fingerprint density at radius 3 is 2.39 bits per heavy atom. The number of ether oxygens (including phenoxy) is 1. The maximum atomic E-state index is 13.8. The topological polar surface area (TPSA) is 46.5 Å². The number of hydrogen-bond donors (Lipinski definition) is 1. The molecule has 4 fully saturated rings. The van der Waals surface area contributed by atoms with E-state index in [0.717, 1.165) is 32.1 Å². The fourth-order valence-electron chi connectivity index (χ4n) is 7.33. The van der Waals surface area contributed by atoms with E-state index in [2.05, 4.69) is 61.5 Å². The lowest BCUT2D eigenvalue weighted by atomic mass is 9.45. The fourth-order valence-corrected chi connectivity index (χ4v) is 7.33. The highest BCUT2D eigenvalue weighted by atomic mass is 16.6. The van der Waals surface area contributed by atoms with Crippen molar-refractivity contribution in [3.05, 3.63) is 11.6 Å². The van der Waals surface area contributed by atoms with Gasteiger partial charge in [-0.25, -0.2) is 0 Å². The summed E-state index contributed by atoms with van der Waals surface area (Å²) in [4.78, 5) is 13.8. The van der Waals surface area contributed by atoms with Gasteiger partial charge in [0.15, 0.2) is 0 Å². The van der Waals surface area contributed by atoms with Gasteiger partial charge in [-0.2, -0.15) is 0 Å². The molecule has 0 aromatic heterocycles. The van der Waals surface area contributed by atoms with E-state index in [4.69, 9.17) is 4.74 Å². The van der Waals surface area contributed by atoms with Crippen LogP contribution in [0.4, 0.5) is 0 Å². The van der Waals surface area contributed by atoms with Crippen molar-refractivity contribution in [2.24, 2.45) is 39.9 Å². The molecule has 0 heterocycles. The second kappa shape index (κ2) is 5.65. The van der Waals surface area contributed by atoms with Crippen molar-refractivity contribution >= 4 is 5.97 Å². The Bertz CT molecular complexity index is 723. The molecule has 28 heavy (non-hydrogen) atoms.